The fourth-order valence-corrected chi connectivity index (χ4v) is 3.15. The molecule has 2 aromatic rings. The Balaban J connectivity index is 1.27. The minimum Gasteiger partial charge on any atom is -0.491 e. The van der Waals surface area contributed by atoms with E-state index in [1.165, 1.54) is 6.92 Å². The number of nitrogens with one attached hydrogen (secondary N) is 1. The SMILES string of the molecule is CC(OC(=O)c1ccc(OCC2CCCO2)cc1)C(=O)Nc1ccc2c(c1)OCO2. The van der Waals surface area contributed by atoms with Gasteiger partial charge in [-0.25, -0.2) is 4.79 Å². The number of benzene rings is 2. The largest absolute Gasteiger partial charge is 0.491 e. The van der Waals surface area contributed by atoms with E-state index < -0.39 is 18.0 Å². The average molecular weight is 413 g/mol. The fourth-order valence-electron chi connectivity index (χ4n) is 3.15. The molecule has 8 nitrogen and oxygen atoms in total. The van der Waals surface area contributed by atoms with Gasteiger partial charge in [-0.05, 0) is 56.2 Å². The first-order valence-corrected chi connectivity index (χ1v) is 9.84. The second-order valence-electron chi connectivity index (χ2n) is 7.08. The van der Waals surface area contributed by atoms with E-state index in [-0.39, 0.29) is 12.9 Å². The van der Waals surface area contributed by atoms with Crippen LogP contribution in [0.15, 0.2) is 42.5 Å². The van der Waals surface area contributed by atoms with Crippen molar-refractivity contribution in [3.8, 4) is 17.2 Å². The second kappa shape index (κ2) is 9.04. The zero-order chi connectivity index (χ0) is 20.9. The lowest BCUT2D eigenvalue weighted by molar-refractivity contribution is -0.123. The molecule has 158 valence electrons. The third kappa shape index (κ3) is 4.83. The van der Waals surface area contributed by atoms with Crippen molar-refractivity contribution in [1.82, 2.24) is 0 Å². The third-order valence-corrected chi connectivity index (χ3v) is 4.84. The van der Waals surface area contributed by atoms with Crippen molar-refractivity contribution in [2.45, 2.75) is 32.0 Å². The smallest absolute Gasteiger partial charge is 0.338 e. The summed E-state index contributed by atoms with van der Waals surface area (Å²) in [6.07, 6.45) is 1.20. The van der Waals surface area contributed by atoms with Crippen molar-refractivity contribution in [1.29, 1.82) is 0 Å². The molecule has 2 aromatic carbocycles. The number of carbonyl (C=O) groups is 2. The summed E-state index contributed by atoms with van der Waals surface area (Å²) in [4.78, 5) is 24.7. The molecular weight excluding hydrogens is 390 g/mol. The fraction of sp³-hybridized carbons (Fsp3) is 0.364. The zero-order valence-corrected chi connectivity index (χ0v) is 16.6. The lowest BCUT2D eigenvalue weighted by Crippen LogP contribution is -2.30. The van der Waals surface area contributed by atoms with Crippen LogP contribution in [0.2, 0.25) is 0 Å². The van der Waals surface area contributed by atoms with Crippen molar-refractivity contribution in [2.75, 3.05) is 25.3 Å². The van der Waals surface area contributed by atoms with Crippen LogP contribution in [0.5, 0.6) is 17.2 Å². The maximum atomic E-state index is 12.4. The number of amides is 1. The van der Waals surface area contributed by atoms with Gasteiger partial charge in [-0.1, -0.05) is 0 Å². The molecule has 0 aliphatic carbocycles. The summed E-state index contributed by atoms with van der Waals surface area (Å²) >= 11 is 0. The van der Waals surface area contributed by atoms with Crippen LogP contribution in [0.1, 0.15) is 30.1 Å². The molecule has 2 heterocycles. The Hall–Kier alpha value is -3.26. The molecule has 4 rings (SSSR count). The van der Waals surface area contributed by atoms with Gasteiger partial charge in [-0.2, -0.15) is 0 Å². The van der Waals surface area contributed by atoms with Gasteiger partial charge in [0.2, 0.25) is 6.79 Å². The summed E-state index contributed by atoms with van der Waals surface area (Å²) in [5, 5.41) is 2.70. The van der Waals surface area contributed by atoms with E-state index in [1.54, 1.807) is 42.5 Å². The van der Waals surface area contributed by atoms with Crippen LogP contribution in [-0.2, 0) is 14.3 Å². The molecule has 0 spiro atoms. The maximum absolute atomic E-state index is 12.4. The Morgan fingerprint density at radius 3 is 2.70 bits per heavy atom. The predicted octanol–water partition coefficient (Wildman–Crippen LogP) is 3.16. The van der Waals surface area contributed by atoms with Gasteiger partial charge in [0.05, 0.1) is 11.7 Å². The van der Waals surface area contributed by atoms with Gasteiger partial charge in [0, 0.05) is 18.4 Å². The van der Waals surface area contributed by atoms with Gasteiger partial charge in [-0.3, -0.25) is 4.79 Å². The predicted molar refractivity (Wildman–Crippen MR) is 107 cm³/mol. The Morgan fingerprint density at radius 1 is 1.13 bits per heavy atom. The standard InChI is InChI=1S/C22H23NO7/c1-14(21(24)23-16-6-9-19-20(11-16)29-13-28-19)30-22(25)15-4-7-17(8-5-15)27-12-18-3-2-10-26-18/h4-9,11,14,18H,2-3,10,12-13H2,1H3,(H,23,24). The van der Waals surface area contributed by atoms with Crippen molar-refractivity contribution < 1.29 is 33.3 Å². The van der Waals surface area contributed by atoms with Gasteiger partial charge in [-0.15, -0.1) is 0 Å². The minimum atomic E-state index is -0.974. The molecule has 0 radical (unpaired) electrons. The third-order valence-electron chi connectivity index (χ3n) is 4.84. The van der Waals surface area contributed by atoms with E-state index in [2.05, 4.69) is 5.32 Å². The Bertz CT molecular complexity index is 906. The minimum absolute atomic E-state index is 0.124. The van der Waals surface area contributed by atoms with E-state index in [0.29, 0.717) is 35.1 Å². The van der Waals surface area contributed by atoms with Crippen LogP contribution in [0.25, 0.3) is 0 Å². The Kier molecular flexibility index (Phi) is 6.04. The Labute approximate surface area is 174 Å². The molecule has 2 aliphatic rings. The van der Waals surface area contributed by atoms with Gasteiger partial charge in [0.1, 0.15) is 12.4 Å². The molecule has 1 amide bonds. The van der Waals surface area contributed by atoms with Gasteiger partial charge in [0.15, 0.2) is 17.6 Å². The van der Waals surface area contributed by atoms with Crippen LogP contribution < -0.4 is 19.5 Å². The van der Waals surface area contributed by atoms with Crippen LogP contribution in [0.3, 0.4) is 0 Å². The van der Waals surface area contributed by atoms with E-state index in [0.717, 1.165) is 19.4 Å². The monoisotopic (exact) mass is 413 g/mol. The maximum Gasteiger partial charge on any atom is 0.338 e. The van der Waals surface area contributed by atoms with Crippen LogP contribution in [0, 0.1) is 0 Å². The number of ether oxygens (including phenoxy) is 5. The number of rotatable bonds is 7. The van der Waals surface area contributed by atoms with E-state index in [4.69, 9.17) is 23.7 Å². The molecule has 1 saturated heterocycles. The number of hydrogen-bond donors (Lipinski definition) is 1. The number of hydrogen-bond acceptors (Lipinski definition) is 7. The highest BCUT2D eigenvalue weighted by Crippen LogP contribution is 2.34. The number of anilines is 1. The lowest BCUT2D eigenvalue weighted by Gasteiger charge is -2.14. The number of fused-ring (bicyclic) bond motifs is 1. The summed E-state index contributed by atoms with van der Waals surface area (Å²) in [5.41, 5.74) is 0.863. The van der Waals surface area contributed by atoms with Crippen molar-refractivity contribution in [2.24, 2.45) is 0 Å². The van der Waals surface area contributed by atoms with E-state index in [9.17, 15) is 9.59 Å². The molecular formula is C22H23NO7. The molecule has 8 heteroatoms. The molecule has 2 unspecified atom stereocenters. The highest BCUT2D eigenvalue weighted by Gasteiger charge is 2.21. The second-order valence-corrected chi connectivity index (χ2v) is 7.08. The summed E-state index contributed by atoms with van der Waals surface area (Å²) in [5.74, 6) is 0.790. The normalized spacial score (nSPS) is 18.0. The number of esters is 1. The molecule has 0 bridgehead atoms. The van der Waals surface area contributed by atoms with Crippen LogP contribution in [-0.4, -0.2) is 44.1 Å². The average Bonchev–Trinajstić information content (AvgIpc) is 3.44. The van der Waals surface area contributed by atoms with E-state index in [1.807, 2.05) is 0 Å². The molecule has 30 heavy (non-hydrogen) atoms. The van der Waals surface area contributed by atoms with Gasteiger partial charge >= 0.3 is 5.97 Å². The molecule has 0 saturated carbocycles. The van der Waals surface area contributed by atoms with Gasteiger partial charge < -0.3 is 29.0 Å². The highest BCUT2D eigenvalue weighted by atomic mass is 16.7. The quantitative estimate of drug-likeness (QED) is 0.697. The topological polar surface area (TPSA) is 92.3 Å². The Morgan fingerprint density at radius 2 is 1.93 bits per heavy atom. The molecule has 2 atom stereocenters. The summed E-state index contributed by atoms with van der Waals surface area (Å²) in [7, 11) is 0. The number of carbonyl (C=O) groups excluding carboxylic acids is 2. The van der Waals surface area contributed by atoms with Crippen molar-refractivity contribution >= 4 is 17.6 Å². The van der Waals surface area contributed by atoms with Gasteiger partial charge in [0.25, 0.3) is 5.91 Å². The van der Waals surface area contributed by atoms with E-state index >= 15 is 0 Å². The first-order chi connectivity index (χ1) is 14.6. The molecule has 0 aromatic heterocycles. The summed E-state index contributed by atoms with van der Waals surface area (Å²) < 4.78 is 27.0. The molecule has 2 aliphatic heterocycles. The van der Waals surface area contributed by atoms with Crippen molar-refractivity contribution in [3.05, 3.63) is 48.0 Å². The van der Waals surface area contributed by atoms with Crippen molar-refractivity contribution in [3.63, 3.8) is 0 Å². The zero-order valence-electron chi connectivity index (χ0n) is 16.6. The van der Waals surface area contributed by atoms with Crippen LogP contribution in [0.4, 0.5) is 5.69 Å². The highest BCUT2D eigenvalue weighted by molar-refractivity contribution is 5.97. The first-order valence-electron chi connectivity index (χ1n) is 9.84. The first kappa shape index (κ1) is 20.0. The summed E-state index contributed by atoms with van der Waals surface area (Å²) in [6.45, 7) is 2.93. The lowest BCUT2D eigenvalue weighted by atomic mass is 10.2. The van der Waals surface area contributed by atoms with Crippen LogP contribution >= 0.6 is 0 Å². The molecule has 1 N–H and O–H groups in total. The molecule has 1 fully saturated rings. The summed E-state index contributed by atoms with van der Waals surface area (Å²) in [6, 6.07) is 11.7.